The summed E-state index contributed by atoms with van der Waals surface area (Å²) in [6.45, 7) is 9.05. The number of hydrogen-bond acceptors (Lipinski definition) is 2. The molecule has 2 N–H and O–H groups in total. The van der Waals surface area contributed by atoms with Gasteiger partial charge in [-0.25, -0.2) is 0 Å². The van der Waals surface area contributed by atoms with Crippen LogP contribution in [0.3, 0.4) is 0 Å². The van der Waals surface area contributed by atoms with Gasteiger partial charge in [0.05, 0.1) is 0 Å². The summed E-state index contributed by atoms with van der Waals surface area (Å²) in [6, 6.07) is 12.0. The van der Waals surface area contributed by atoms with Crippen molar-refractivity contribution in [1.29, 1.82) is 0 Å². The molecule has 0 saturated heterocycles. The van der Waals surface area contributed by atoms with Crippen LogP contribution in [-0.2, 0) is 0 Å². The molecule has 2 aromatic carbocycles. The van der Waals surface area contributed by atoms with Gasteiger partial charge in [0, 0.05) is 23.2 Å². The second kappa shape index (κ2) is 9.64. The lowest BCUT2D eigenvalue weighted by atomic mass is 9.78. The van der Waals surface area contributed by atoms with E-state index in [1.807, 2.05) is 36.4 Å². The van der Waals surface area contributed by atoms with E-state index < -0.39 is 0 Å². The molecule has 2 amide bonds. The van der Waals surface area contributed by atoms with E-state index in [2.05, 4.69) is 38.3 Å². The molecule has 0 radical (unpaired) electrons. The van der Waals surface area contributed by atoms with Crippen molar-refractivity contribution >= 4 is 22.6 Å². The summed E-state index contributed by atoms with van der Waals surface area (Å²) in [5.41, 5.74) is 1.37. The molecule has 0 aromatic heterocycles. The first-order valence-electron chi connectivity index (χ1n) is 12.5. The highest BCUT2D eigenvalue weighted by atomic mass is 16.2. The molecule has 4 heteroatoms. The van der Waals surface area contributed by atoms with E-state index in [0.29, 0.717) is 34.8 Å². The molecule has 2 aromatic rings. The van der Waals surface area contributed by atoms with Crippen LogP contribution in [0.1, 0.15) is 86.9 Å². The predicted molar refractivity (Wildman–Crippen MR) is 131 cm³/mol. The van der Waals surface area contributed by atoms with Gasteiger partial charge in [-0.3, -0.25) is 9.59 Å². The molecule has 0 spiro atoms. The third kappa shape index (κ3) is 4.84. The van der Waals surface area contributed by atoms with E-state index in [-0.39, 0.29) is 23.9 Å². The number of rotatable bonds is 4. The minimum Gasteiger partial charge on any atom is -0.349 e. The van der Waals surface area contributed by atoms with Crippen LogP contribution in [0.2, 0.25) is 0 Å². The molecule has 172 valence electrons. The third-order valence-corrected chi connectivity index (χ3v) is 8.41. The zero-order valence-electron chi connectivity index (χ0n) is 20.0. The Labute approximate surface area is 192 Å². The first-order chi connectivity index (χ1) is 15.3. The maximum absolute atomic E-state index is 12.9. The third-order valence-electron chi connectivity index (χ3n) is 8.41. The highest BCUT2D eigenvalue weighted by Crippen LogP contribution is 2.31. The van der Waals surface area contributed by atoms with Crippen LogP contribution in [0, 0.1) is 23.7 Å². The fraction of sp³-hybridized carbons (Fsp3) is 0.571. The second-order valence-electron chi connectivity index (χ2n) is 10.5. The number of fused-ring (bicyclic) bond motifs is 1. The van der Waals surface area contributed by atoms with Crippen molar-refractivity contribution in [3.05, 3.63) is 47.5 Å². The van der Waals surface area contributed by atoms with E-state index >= 15 is 0 Å². The Morgan fingerprint density at radius 3 is 1.47 bits per heavy atom. The van der Waals surface area contributed by atoms with E-state index in [1.165, 1.54) is 25.7 Å². The van der Waals surface area contributed by atoms with Crippen LogP contribution < -0.4 is 10.6 Å². The molecule has 32 heavy (non-hydrogen) atoms. The Morgan fingerprint density at radius 2 is 1.06 bits per heavy atom. The smallest absolute Gasteiger partial charge is 0.251 e. The van der Waals surface area contributed by atoms with Crippen molar-refractivity contribution in [2.75, 3.05) is 0 Å². The monoisotopic (exact) mass is 434 g/mol. The minimum absolute atomic E-state index is 0.0000699. The summed E-state index contributed by atoms with van der Waals surface area (Å²) in [4.78, 5) is 25.8. The average molecular weight is 435 g/mol. The van der Waals surface area contributed by atoms with Crippen LogP contribution in [-0.4, -0.2) is 23.9 Å². The Morgan fingerprint density at radius 1 is 0.656 bits per heavy atom. The molecule has 6 unspecified atom stereocenters. The van der Waals surface area contributed by atoms with Crippen molar-refractivity contribution in [3.8, 4) is 0 Å². The Hall–Kier alpha value is -2.36. The summed E-state index contributed by atoms with van der Waals surface area (Å²) < 4.78 is 0. The first kappa shape index (κ1) is 22.8. The number of amides is 2. The summed E-state index contributed by atoms with van der Waals surface area (Å²) in [5, 5.41) is 8.49. The van der Waals surface area contributed by atoms with Crippen molar-refractivity contribution < 1.29 is 9.59 Å². The SMILES string of the molecule is CC1CCCC(NC(=O)c2ccc3cc(C(=O)NC4CCCC(C)C4C)ccc3c2)C1C. The molecule has 4 rings (SSSR count). The van der Waals surface area contributed by atoms with Gasteiger partial charge in [0.2, 0.25) is 0 Å². The molecule has 0 bridgehead atoms. The number of carbonyl (C=O) groups excluding carboxylic acids is 2. The van der Waals surface area contributed by atoms with Gasteiger partial charge in [-0.05, 0) is 71.6 Å². The molecule has 0 heterocycles. The summed E-state index contributed by atoms with van der Waals surface area (Å²) in [5.74, 6) is 2.30. The van der Waals surface area contributed by atoms with Gasteiger partial charge in [0.1, 0.15) is 0 Å². The molecule has 4 nitrogen and oxygen atoms in total. The molecule has 2 saturated carbocycles. The fourth-order valence-electron chi connectivity index (χ4n) is 5.60. The van der Waals surface area contributed by atoms with Gasteiger partial charge in [-0.2, -0.15) is 0 Å². The van der Waals surface area contributed by atoms with Crippen LogP contribution >= 0.6 is 0 Å². The lowest BCUT2D eigenvalue weighted by molar-refractivity contribution is 0.0882. The van der Waals surface area contributed by atoms with Crippen molar-refractivity contribution in [2.24, 2.45) is 23.7 Å². The van der Waals surface area contributed by atoms with Gasteiger partial charge in [0.25, 0.3) is 11.8 Å². The Kier molecular flexibility index (Phi) is 6.88. The molecule has 0 aliphatic heterocycles. The Bertz CT molecular complexity index is 905. The van der Waals surface area contributed by atoms with Gasteiger partial charge in [-0.15, -0.1) is 0 Å². The van der Waals surface area contributed by atoms with Crippen LogP contribution in [0.5, 0.6) is 0 Å². The van der Waals surface area contributed by atoms with Gasteiger partial charge < -0.3 is 10.6 Å². The molecule has 2 fully saturated rings. The van der Waals surface area contributed by atoms with E-state index in [0.717, 1.165) is 23.6 Å². The van der Waals surface area contributed by atoms with Gasteiger partial charge in [-0.1, -0.05) is 65.5 Å². The van der Waals surface area contributed by atoms with E-state index in [9.17, 15) is 9.59 Å². The van der Waals surface area contributed by atoms with Crippen molar-refractivity contribution in [2.45, 2.75) is 78.3 Å². The normalized spacial score (nSPS) is 30.6. The topological polar surface area (TPSA) is 58.2 Å². The number of hydrogen-bond donors (Lipinski definition) is 2. The molecular formula is C28H38N2O2. The number of nitrogens with one attached hydrogen (secondary N) is 2. The van der Waals surface area contributed by atoms with Crippen LogP contribution in [0.15, 0.2) is 36.4 Å². The lowest BCUT2D eigenvalue weighted by Crippen LogP contribution is -2.43. The Balaban J connectivity index is 1.45. The molecular weight excluding hydrogens is 396 g/mol. The maximum atomic E-state index is 12.9. The average Bonchev–Trinajstić information content (AvgIpc) is 2.79. The van der Waals surface area contributed by atoms with Gasteiger partial charge >= 0.3 is 0 Å². The highest BCUT2D eigenvalue weighted by molar-refractivity contribution is 6.02. The van der Waals surface area contributed by atoms with Crippen LogP contribution in [0.4, 0.5) is 0 Å². The summed E-state index contributed by atoms with van der Waals surface area (Å²) in [7, 11) is 0. The fourth-order valence-corrected chi connectivity index (χ4v) is 5.60. The summed E-state index contributed by atoms with van der Waals surface area (Å²) in [6.07, 6.45) is 6.97. The highest BCUT2D eigenvalue weighted by Gasteiger charge is 2.29. The minimum atomic E-state index is 0.0000699. The summed E-state index contributed by atoms with van der Waals surface area (Å²) >= 11 is 0. The van der Waals surface area contributed by atoms with Crippen LogP contribution in [0.25, 0.3) is 10.8 Å². The lowest BCUT2D eigenvalue weighted by Gasteiger charge is -2.34. The molecule has 2 aliphatic carbocycles. The quantitative estimate of drug-likeness (QED) is 0.625. The number of carbonyl (C=O) groups is 2. The van der Waals surface area contributed by atoms with E-state index in [1.54, 1.807) is 0 Å². The first-order valence-corrected chi connectivity index (χ1v) is 12.5. The van der Waals surface area contributed by atoms with E-state index in [4.69, 9.17) is 0 Å². The van der Waals surface area contributed by atoms with Crippen molar-refractivity contribution in [1.82, 2.24) is 10.6 Å². The molecule has 6 atom stereocenters. The molecule has 2 aliphatic rings. The largest absolute Gasteiger partial charge is 0.349 e. The second-order valence-corrected chi connectivity index (χ2v) is 10.5. The zero-order valence-corrected chi connectivity index (χ0v) is 20.0. The number of benzene rings is 2. The maximum Gasteiger partial charge on any atom is 0.251 e. The van der Waals surface area contributed by atoms with Crippen molar-refractivity contribution in [3.63, 3.8) is 0 Å². The zero-order chi connectivity index (χ0) is 22.8. The van der Waals surface area contributed by atoms with Gasteiger partial charge in [0.15, 0.2) is 0 Å². The predicted octanol–water partition coefficient (Wildman–Crippen LogP) is 5.95. The standard InChI is InChI=1S/C28H38N2O2/c1-17-7-5-9-25(19(17)3)29-27(31)23-13-11-22-16-24(14-12-21(22)15-23)28(32)30-26-10-6-8-18(2)20(26)4/h11-20,25-26H,5-10H2,1-4H3,(H,29,31)(H,30,32).